The lowest BCUT2D eigenvalue weighted by Crippen LogP contribution is -2.51. The van der Waals surface area contributed by atoms with E-state index in [1.54, 1.807) is 12.1 Å². The number of halogens is 1. The minimum Gasteiger partial charge on any atom is -0.508 e. The number of hydrogen-bond donors (Lipinski definition) is 4. The number of phenolic OH excluding ortho intramolecular Hbond substituents is 1. The number of carbonyl (C=O) groups excluding carboxylic acids is 3. The van der Waals surface area contributed by atoms with Crippen LogP contribution in [0.15, 0.2) is 46.5 Å². The molecule has 0 fully saturated rings. The van der Waals surface area contributed by atoms with Crippen molar-refractivity contribution >= 4 is 33.5 Å². The fraction of sp³-hybridized carbons (Fsp3) is 0.350. The minimum atomic E-state index is -0.837. The molecule has 0 aromatic heterocycles. The highest BCUT2D eigenvalue weighted by Crippen LogP contribution is 2.23. The lowest BCUT2D eigenvalue weighted by atomic mass is 10.0. The Morgan fingerprint density at radius 2 is 1.89 bits per heavy atom. The average Bonchev–Trinajstić information content (AvgIpc) is 2.67. The number of Topliss-reactive ketones (excluding diaryl/α,β-unsaturated/α-hetero) is 1. The molecule has 1 aromatic rings. The molecule has 7 nitrogen and oxygen atoms in total. The number of aromatic hydroxyl groups is 1. The Balaban J connectivity index is 1.80. The van der Waals surface area contributed by atoms with E-state index in [-0.39, 0.29) is 24.5 Å². The molecule has 0 heterocycles. The van der Waals surface area contributed by atoms with E-state index in [0.717, 1.165) is 16.5 Å². The van der Waals surface area contributed by atoms with Crippen molar-refractivity contribution in [3.8, 4) is 5.75 Å². The number of allylic oxidation sites excluding steroid dienone is 3. The molecule has 0 saturated carbocycles. The van der Waals surface area contributed by atoms with Crippen molar-refractivity contribution in [1.29, 1.82) is 0 Å². The fourth-order valence-corrected chi connectivity index (χ4v) is 3.31. The second kappa shape index (κ2) is 10.2. The van der Waals surface area contributed by atoms with E-state index in [0.29, 0.717) is 12.0 Å². The zero-order valence-corrected chi connectivity index (χ0v) is 17.2. The molecule has 0 aliphatic heterocycles. The summed E-state index contributed by atoms with van der Waals surface area (Å²) < 4.78 is 0.736. The van der Waals surface area contributed by atoms with Crippen LogP contribution < -0.4 is 16.4 Å². The van der Waals surface area contributed by atoms with Gasteiger partial charge in [0.25, 0.3) is 0 Å². The summed E-state index contributed by atoms with van der Waals surface area (Å²) in [4.78, 5) is 36.6. The summed E-state index contributed by atoms with van der Waals surface area (Å²) in [6.07, 6.45) is 5.49. The van der Waals surface area contributed by atoms with E-state index in [1.165, 1.54) is 19.1 Å². The van der Waals surface area contributed by atoms with E-state index in [9.17, 15) is 19.5 Å². The van der Waals surface area contributed by atoms with Crippen LogP contribution in [0.5, 0.6) is 5.75 Å². The standard InChI is InChI=1S/C20H24BrN3O4/c1-12(19(27)23-11-18(26)15-4-2-3-5-16(15)21)24-20(28)17(22)10-13-6-8-14(25)9-7-13/h3,5-9,12,17,25H,2,4,10-11,22H2,1H3,(H,23,27)(H,24,28)/t12-,17+/m1/s1. The number of phenols is 1. The summed E-state index contributed by atoms with van der Waals surface area (Å²) in [7, 11) is 0. The van der Waals surface area contributed by atoms with Gasteiger partial charge >= 0.3 is 0 Å². The van der Waals surface area contributed by atoms with Crippen LogP contribution in [0.2, 0.25) is 0 Å². The third-order valence-electron chi connectivity index (χ3n) is 4.35. The molecule has 2 rings (SSSR count). The van der Waals surface area contributed by atoms with Crippen LogP contribution in [0.3, 0.4) is 0 Å². The summed E-state index contributed by atoms with van der Waals surface area (Å²) in [6.45, 7) is 1.40. The molecule has 0 unspecified atom stereocenters. The third-order valence-corrected chi connectivity index (χ3v) is 5.10. The summed E-state index contributed by atoms with van der Waals surface area (Å²) in [6, 6.07) is 4.73. The Labute approximate surface area is 172 Å². The Morgan fingerprint density at radius 1 is 1.21 bits per heavy atom. The molecule has 2 amide bonds. The number of nitrogens with one attached hydrogen (secondary N) is 2. The predicted octanol–water partition coefficient (Wildman–Crippen LogP) is 1.45. The third kappa shape index (κ3) is 6.31. The fourth-order valence-electron chi connectivity index (χ4n) is 2.70. The second-order valence-electron chi connectivity index (χ2n) is 6.62. The summed E-state index contributed by atoms with van der Waals surface area (Å²) >= 11 is 3.35. The van der Waals surface area contributed by atoms with Gasteiger partial charge in [0.2, 0.25) is 11.8 Å². The molecule has 0 spiro atoms. The van der Waals surface area contributed by atoms with E-state index in [2.05, 4.69) is 26.6 Å². The number of hydrogen-bond acceptors (Lipinski definition) is 5. The maximum atomic E-state index is 12.2. The summed E-state index contributed by atoms with van der Waals surface area (Å²) in [5.74, 6) is -0.952. The average molecular weight is 450 g/mol. The van der Waals surface area contributed by atoms with Crippen molar-refractivity contribution in [2.75, 3.05) is 6.54 Å². The maximum absolute atomic E-state index is 12.2. The maximum Gasteiger partial charge on any atom is 0.242 e. The first kappa shape index (κ1) is 21.8. The van der Waals surface area contributed by atoms with E-state index >= 15 is 0 Å². The molecule has 2 atom stereocenters. The summed E-state index contributed by atoms with van der Waals surface area (Å²) in [5, 5.41) is 14.4. The van der Waals surface area contributed by atoms with Crippen molar-refractivity contribution in [1.82, 2.24) is 10.6 Å². The first-order chi connectivity index (χ1) is 13.3. The molecule has 5 N–H and O–H groups in total. The molecule has 0 bridgehead atoms. The molecule has 0 saturated heterocycles. The van der Waals surface area contributed by atoms with Crippen molar-refractivity contribution in [2.24, 2.45) is 5.73 Å². The number of benzene rings is 1. The van der Waals surface area contributed by atoms with Crippen molar-refractivity contribution in [3.63, 3.8) is 0 Å². The molecule has 8 heteroatoms. The van der Waals surface area contributed by atoms with Crippen LogP contribution in [0.1, 0.15) is 25.3 Å². The number of carbonyl (C=O) groups is 3. The highest BCUT2D eigenvalue weighted by atomic mass is 79.9. The van der Waals surface area contributed by atoms with Gasteiger partial charge in [-0.2, -0.15) is 0 Å². The first-order valence-corrected chi connectivity index (χ1v) is 9.77. The molecule has 1 aliphatic carbocycles. The molecule has 150 valence electrons. The normalized spacial score (nSPS) is 15.7. The van der Waals surface area contributed by atoms with Crippen LogP contribution in [0.4, 0.5) is 0 Å². The molecule has 1 aromatic carbocycles. The van der Waals surface area contributed by atoms with Crippen molar-refractivity contribution in [2.45, 2.75) is 38.3 Å². The number of rotatable bonds is 8. The SMILES string of the molecule is C[C@@H](NC(=O)[C@@H](N)Cc1ccc(O)cc1)C(=O)NCC(=O)C1=C(Br)C=CCC1. The zero-order valence-electron chi connectivity index (χ0n) is 15.6. The topological polar surface area (TPSA) is 122 Å². The number of nitrogens with two attached hydrogens (primary N) is 1. The second-order valence-corrected chi connectivity index (χ2v) is 7.47. The minimum absolute atomic E-state index is 0.128. The zero-order chi connectivity index (χ0) is 20.7. The lowest BCUT2D eigenvalue weighted by Gasteiger charge is -2.18. The highest BCUT2D eigenvalue weighted by Gasteiger charge is 2.22. The smallest absolute Gasteiger partial charge is 0.242 e. The molecule has 0 radical (unpaired) electrons. The number of ketones is 1. The largest absolute Gasteiger partial charge is 0.508 e. The van der Waals surface area contributed by atoms with Gasteiger partial charge in [0.15, 0.2) is 5.78 Å². The predicted molar refractivity (Wildman–Crippen MR) is 110 cm³/mol. The first-order valence-electron chi connectivity index (χ1n) is 8.98. The highest BCUT2D eigenvalue weighted by molar-refractivity contribution is 9.12. The molecular formula is C20H24BrN3O4. The molecule has 1 aliphatic rings. The monoisotopic (exact) mass is 449 g/mol. The Kier molecular flexibility index (Phi) is 7.95. The van der Waals surface area contributed by atoms with Gasteiger partial charge < -0.3 is 21.5 Å². The van der Waals surface area contributed by atoms with Gasteiger partial charge in [-0.15, -0.1) is 0 Å². The molecule has 28 heavy (non-hydrogen) atoms. The van der Waals surface area contributed by atoms with E-state index in [4.69, 9.17) is 5.73 Å². The Morgan fingerprint density at radius 3 is 2.54 bits per heavy atom. The van der Waals surface area contributed by atoms with Crippen molar-refractivity contribution in [3.05, 3.63) is 52.0 Å². The quantitative estimate of drug-likeness (QED) is 0.478. The van der Waals surface area contributed by atoms with Crippen LogP contribution in [0.25, 0.3) is 0 Å². The molecular weight excluding hydrogens is 426 g/mol. The number of amides is 2. The van der Waals surface area contributed by atoms with E-state index < -0.39 is 23.9 Å². The lowest BCUT2D eigenvalue weighted by molar-refractivity contribution is -0.129. The van der Waals surface area contributed by atoms with Gasteiger partial charge in [0.1, 0.15) is 11.8 Å². The van der Waals surface area contributed by atoms with Crippen molar-refractivity contribution < 1.29 is 19.5 Å². The summed E-state index contributed by atoms with van der Waals surface area (Å²) in [5.41, 5.74) is 7.34. The van der Waals surface area contributed by atoms with Gasteiger partial charge in [-0.1, -0.05) is 40.2 Å². The van der Waals surface area contributed by atoms with Gasteiger partial charge in [-0.3, -0.25) is 14.4 Å². The Bertz CT molecular complexity index is 802. The van der Waals surface area contributed by atoms with Crippen LogP contribution in [-0.4, -0.2) is 41.3 Å². The van der Waals surface area contributed by atoms with Gasteiger partial charge in [0.05, 0.1) is 12.6 Å². The van der Waals surface area contributed by atoms with Crippen LogP contribution in [0, 0.1) is 0 Å². The van der Waals surface area contributed by atoms with Crippen LogP contribution in [-0.2, 0) is 20.8 Å². The van der Waals surface area contributed by atoms with Gasteiger partial charge in [0, 0.05) is 10.1 Å². The van der Waals surface area contributed by atoms with Gasteiger partial charge in [-0.25, -0.2) is 0 Å². The Hall–Kier alpha value is -2.45. The van der Waals surface area contributed by atoms with E-state index in [1.807, 2.05) is 12.2 Å². The van der Waals surface area contributed by atoms with Gasteiger partial charge in [-0.05, 0) is 43.9 Å². The van der Waals surface area contributed by atoms with Crippen LogP contribution >= 0.6 is 15.9 Å².